The number of oxazole rings is 1. The average molecular weight is 731 g/mol. The zero-order valence-electron chi connectivity index (χ0n) is 30.8. The van der Waals surface area contributed by atoms with Crippen LogP contribution in [0.1, 0.15) is 0 Å². The number of nitrogens with zero attached hydrogens (tertiary/aromatic N) is 2. The van der Waals surface area contributed by atoms with Crippen LogP contribution in [0.15, 0.2) is 215 Å². The fourth-order valence-corrected chi connectivity index (χ4v) is 8.01. The lowest BCUT2D eigenvalue weighted by molar-refractivity contribution is 0.619. The van der Waals surface area contributed by atoms with Crippen molar-refractivity contribution in [2.45, 2.75) is 0 Å². The molecule has 2 heterocycles. The van der Waals surface area contributed by atoms with Crippen LogP contribution in [0.2, 0.25) is 0 Å². The minimum Gasteiger partial charge on any atom is -0.456 e. The van der Waals surface area contributed by atoms with Crippen LogP contribution in [0, 0.1) is 0 Å². The number of rotatable bonds is 7. The van der Waals surface area contributed by atoms with Crippen LogP contribution >= 0.6 is 0 Å². The number of anilines is 3. The van der Waals surface area contributed by atoms with Crippen LogP contribution in [0.4, 0.5) is 17.1 Å². The molecule has 0 amide bonds. The third-order valence-electron chi connectivity index (χ3n) is 10.9. The fraction of sp³-hybridized carbons (Fsp3) is 0. The topological polar surface area (TPSA) is 42.4 Å². The Kier molecular flexibility index (Phi) is 7.78. The molecule has 0 saturated carbocycles. The molecule has 0 aliphatic carbocycles. The van der Waals surface area contributed by atoms with E-state index in [1.807, 2.05) is 42.5 Å². The summed E-state index contributed by atoms with van der Waals surface area (Å²) in [4.78, 5) is 7.29. The van der Waals surface area contributed by atoms with Crippen molar-refractivity contribution in [2.75, 3.05) is 4.90 Å². The third-order valence-corrected chi connectivity index (χ3v) is 10.9. The van der Waals surface area contributed by atoms with Crippen molar-refractivity contribution < 1.29 is 8.83 Å². The second-order valence-corrected chi connectivity index (χ2v) is 14.4. The van der Waals surface area contributed by atoms with Crippen LogP contribution < -0.4 is 4.90 Å². The van der Waals surface area contributed by atoms with E-state index in [0.29, 0.717) is 5.89 Å². The summed E-state index contributed by atoms with van der Waals surface area (Å²) in [6, 6.07) is 72.5. The van der Waals surface area contributed by atoms with Gasteiger partial charge in [0.1, 0.15) is 16.7 Å². The van der Waals surface area contributed by atoms with E-state index in [1.54, 1.807) is 0 Å². The first kappa shape index (κ1) is 32.7. The molecule has 0 radical (unpaired) electrons. The Bertz CT molecular complexity index is 3220. The van der Waals surface area contributed by atoms with Gasteiger partial charge in [-0.25, -0.2) is 4.98 Å². The molecule has 9 aromatic carbocycles. The summed E-state index contributed by atoms with van der Waals surface area (Å²) in [7, 11) is 0. The molecule has 11 rings (SSSR count). The molecule has 11 aromatic rings. The van der Waals surface area contributed by atoms with E-state index in [0.717, 1.165) is 66.8 Å². The number of hydrogen-bond donors (Lipinski definition) is 0. The third kappa shape index (κ3) is 5.92. The Morgan fingerprint density at radius 3 is 1.63 bits per heavy atom. The van der Waals surface area contributed by atoms with E-state index in [2.05, 4.69) is 169 Å². The van der Waals surface area contributed by atoms with Gasteiger partial charge in [0.2, 0.25) is 5.89 Å². The Balaban J connectivity index is 0.988. The smallest absolute Gasteiger partial charge is 0.227 e. The van der Waals surface area contributed by atoms with Crippen molar-refractivity contribution >= 4 is 60.9 Å². The molecule has 0 saturated heterocycles. The summed E-state index contributed by atoms with van der Waals surface area (Å²) in [6.07, 6.45) is 0. The molecular formula is C53H34N2O2. The Labute approximate surface area is 329 Å². The summed E-state index contributed by atoms with van der Waals surface area (Å²) >= 11 is 0. The second-order valence-electron chi connectivity index (χ2n) is 14.4. The van der Waals surface area contributed by atoms with Crippen molar-refractivity contribution in [1.82, 2.24) is 4.98 Å². The molecular weight excluding hydrogens is 697 g/mol. The van der Waals surface area contributed by atoms with Gasteiger partial charge in [-0.05, 0) is 123 Å². The summed E-state index contributed by atoms with van der Waals surface area (Å²) in [5, 5.41) is 4.44. The summed E-state index contributed by atoms with van der Waals surface area (Å²) in [5.74, 6) is 0.598. The summed E-state index contributed by atoms with van der Waals surface area (Å²) in [5.41, 5.74) is 14.2. The average Bonchev–Trinajstić information content (AvgIpc) is 3.89. The van der Waals surface area contributed by atoms with Gasteiger partial charge in [0.05, 0.1) is 5.39 Å². The standard InChI is InChI=1S/C53H34N2O2/c1-3-10-35(11-4-1)37-20-25-44(26-21-37)55(46-17-9-16-41(33-46)42-19-18-36-12-7-8-15-40(36)32-42)45-27-22-38(23-28-45)43-24-29-48-47(34-43)51-49(56-48)30-31-50-52(51)54-53(57-50)39-13-5-2-6-14-39/h1-34H. The van der Waals surface area contributed by atoms with E-state index >= 15 is 0 Å². The van der Waals surface area contributed by atoms with Gasteiger partial charge in [-0.1, -0.05) is 127 Å². The minimum atomic E-state index is 0.598. The Hall–Kier alpha value is -7.69. The molecule has 0 atom stereocenters. The molecule has 0 aliphatic rings. The first-order valence-corrected chi connectivity index (χ1v) is 19.2. The highest BCUT2D eigenvalue weighted by atomic mass is 16.4. The van der Waals surface area contributed by atoms with Gasteiger partial charge in [0, 0.05) is 28.0 Å². The molecule has 0 N–H and O–H groups in total. The van der Waals surface area contributed by atoms with Gasteiger partial charge in [-0.3, -0.25) is 0 Å². The lowest BCUT2D eigenvalue weighted by Crippen LogP contribution is -2.10. The Morgan fingerprint density at radius 2 is 0.877 bits per heavy atom. The van der Waals surface area contributed by atoms with Gasteiger partial charge >= 0.3 is 0 Å². The van der Waals surface area contributed by atoms with Crippen LogP contribution in [0.25, 0.3) is 88.6 Å². The van der Waals surface area contributed by atoms with Gasteiger partial charge in [-0.2, -0.15) is 0 Å². The highest BCUT2D eigenvalue weighted by Crippen LogP contribution is 2.41. The molecule has 0 bridgehead atoms. The zero-order chi connectivity index (χ0) is 37.7. The minimum absolute atomic E-state index is 0.598. The maximum Gasteiger partial charge on any atom is 0.227 e. The van der Waals surface area contributed by atoms with Crippen molar-refractivity contribution in [3.63, 3.8) is 0 Å². The number of aromatic nitrogens is 1. The molecule has 4 nitrogen and oxygen atoms in total. The van der Waals surface area contributed by atoms with E-state index in [1.165, 1.54) is 33.0 Å². The monoisotopic (exact) mass is 730 g/mol. The zero-order valence-corrected chi connectivity index (χ0v) is 30.8. The molecule has 2 aromatic heterocycles. The highest BCUT2D eigenvalue weighted by Gasteiger charge is 2.18. The van der Waals surface area contributed by atoms with E-state index in [9.17, 15) is 0 Å². The highest BCUT2D eigenvalue weighted by molar-refractivity contribution is 6.17. The normalized spacial score (nSPS) is 11.5. The maximum absolute atomic E-state index is 6.33. The maximum atomic E-state index is 6.33. The van der Waals surface area contributed by atoms with Gasteiger partial charge in [0.25, 0.3) is 0 Å². The van der Waals surface area contributed by atoms with Gasteiger partial charge in [-0.15, -0.1) is 0 Å². The molecule has 4 heteroatoms. The first-order chi connectivity index (χ1) is 28.2. The van der Waals surface area contributed by atoms with Gasteiger partial charge in [0.15, 0.2) is 5.58 Å². The lowest BCUT2D eigenvalue weighted by atomic mass is 10.00. The van der Waals surface area contributed by atoms with Crippen molar-refractivity contribution in [2.24, 2.45) is 0 Å². The Morgan fingerprint density at radius 1 is 0.333 bits per heavy atom. The molecule has 0 fully saturated rings. The first-order valence-electron chi connectivity index (χ1n) is 19.2. The molecule has 0 aliphatic heterocycles. The van der Waals surface area contributed by atoms with E-state index in [4.69, 9.17) is 13.8 Å². The van der Waals surface area contributed by atoms with Gasteiger partial charge < -0.3 is 13.7 Å². The fourth-order valence-electron chi connectivity index (χ4n) is 8.01. The SMILES string of the molecule is c1ccc(-c2ccc(N(c3ccc(-c4ccc5oc6ccc7oc(-c8ccccc8)nc7c6c5c4)cc3)c3cccc(-c4ccc5ccccc5c4)c3)cc2)cc1. The predicted molar refractivity (Wildman–Crippen MR) is 235 cm³/mol. The van der Waals surface area contributed by atoms with Crippen LogP contribution in [-0.2, 0) is 0 Å². The van der Waals surface area contributed by atoms with Crippen LogP contribution in [-0.4, -0.2) is 4.98 Å². The van der Waals surface area contributed by atoms with E-state index < -0.39 is 0 Å². The number of hydrogen-bond acceptors (Lipinski definition) is 4. The number of furan rings is 1. The largest absolute Gasteiger partial charge is 0.456 e. The molecule has 0 spiro atoms. The van der Waals surface area contributed by atoms with Crippen LogP contribution in [0.3, 0.4) is 0 Å². The van der Waals surface area contributed by atoms with Crippen molar-refractivity contribution in [3.05, 3.63) is 206 Å². The number of benzene rings is 9. The molecule has 268 valence electrons. The predicted octanol–water partition coefficient (Wildman–Crippen LogP) is 15.0. The number of fused-ring (bicyclic) bond motifs is 6. The summed E-state index contributed by atoms with van der Waals surface area (Å²) in [6.45, 7) is 0. The lowest BCUT2D eigenvalue weighted by Gasteiger charge is -2.26. The van der Waals surface area contributed by atoms with Crippen LogP contribution in [0.5, 0.6) is 0 Å². The second kappa shape index (κ2) is 13.6. The molecule has 57 heavy (non-hydrogen) atoms. The van der Waals surface area contributed by atoms with E-state index in [-0.39, 0.29) is 0 Å². The van der Waals surface area contributed by atoms with Crippen molar-refractivity contribution in [1.29, 1.82) is 0 Å². The quantitative estimate of drug-likeness (QED) is 0.164. The van der Waals surface area contributed by atoms with Crippen molar-refractivity contribution in [3.8, 4) is 44.8 Å². The molecule has 0 unspecified atom stereocenters. The summed E-state index contributed by atoms with van der Waals surface area (Å²) < 4.78 is 12.6.